The van der Waals surface area contributed by atoms with Crippen LogP contribution in [0.4, 0.5) is 5.13 Å². The number of nitrogen functional groups attached to an aromatic ring is 1. The van der Waals surface area contributed by atoms with Gasteiger partial charge in [0.2, 0.25) is 0 Å². The van der Waals surface area contributed by atoms with E-state index >= 15 is 0 Å². The van der Waals surface area contributed by atoms with Gasteiger partial charge in [-0.3, -0.25) is 0 Å². The summed E-state index contributed by atoms with van der Waals surface area (Å²) in [4.78, 5) is 14.9. The lowest BCUT2D eigenvalue weighted by Crippen LogP contribution is -2.11. The summed E-state index contributed by atoms with van der Waals surface area (Å²) in [7, 11) is 1.20. The molecule has 0 saturated carbocycles. The van der Waals surface area contributed by atoms with Crippen molar-refractivity contribution in [2.24, 2.45) is 0 Å². The molecule has 1 aromatic rings. The van der Waals surface area contributed by atoms with Gasteiger partial charge in [-0.25, -0.2) is 9.78 Å². The molecular weight excluding hydrogens is 180 g/mol. The number of methoxy groups -OCH3 is 1. The lowest BCUT2D eigenvalue weighted by Gasteiger charge is -2.03. The Balaban J connectivity index is 2.77. The summed E-state index contributed by atoms with van der Waals surface area (Å²) >= 11 is 1.06. The number of carbonyl (C=O) groups excluding carboxylic acids is 1. The summed E-state index contributed by atoms with van der Waals surface area (Å²) in [6, 6.07) is 0. The lowest BCUT2D eigenvalue weighted by atomic mass is 10.3. The number of esters is 1. The fourth-order valence-electron chi connectivity index (χ4n) is 0.655. The van der Waals surface area contributed by atoms with E-state index in [0.29, 0.717) is 10.0 Å². The van der Waals surface area contributed by atoms with Crippen LogP contribution in [0, 0.1) is 0 Å². The minimum absolute atomic E-state index is 0.313. The van der Waals surface area contributed by atoms with Crippen LogP contribution in [0.1, 0.15) is 11.0 Å². The predicted octanol–water partition coefficient (Wildman–Crippen LogP) is -0.0683. The van der Waals surface area contributed by atoms with Crippen LogP contribution in [0.2, 0.25) is 0 Å². The molecule has 0 aliphatic carbocycles. The number of ether oxygens (including phenoxy) is 1. The maximum Gasteiger partial charge on any atom is 0.340 e. The minimum Gasteiger partial charge on any atom is -0.467 e. The maximum absolute atomic E-state index is 10.8. The van der Waals surface area contributed by atoms with Crippen LogP contribution < -0.4 is 5.73 Å². The third-order valence-corrected chi connectivity index (χ3v) is 2.11. The van der Waals surface area contributed by atoms with Crippen molar-refractivity contribution in [2.75, 3.05) is 12.8 Å². The highest BCUT2D eigenvalue weighted by Crippen LogP contribution is 2.22. The van der Waals surface area contributed by atoms with E-state index in [4.69, 9.17) is 5.73 Å². The van der Waals surface area contributed by atoms with Gasteiger partial charge in [0, 0.05) is 6.20 Å². The van der Waals surface area contributed by atoms with E-state index in [1.165, 1.54) is 13.3 Å². The molecule has 0 aliphatic heterocycles. The molecule has 1 aromatic heterocycles. The van der Waals surface area contributed by atoms with E-state index in [-0.39, 0.29) is 0 Å². The first-order chi connectivity index (χ1) is 5.65. The molecule has 0 bridgehead atoms. The van der Waals surface area contributed by atoms with E-state index < -0.39 is 12.1 Å². The highest BCUT2D eigenvalue weighted by molar-refractivity contribution is 7.15. The second-order valence-corrected chi connectivity index (χ2v) is 3.12. The Kier molecular flexibility index (Phi) is 2.61. The second kappa shape index (κ2) is 3.51. The van der Waals surface area contributed by atoms with E-state index in [1.54, 1.807) is 0 Å². The number of thiazole rings is 1. The Morgan fingerprint density at radius 2 is 2.58 bits per heavy atom. The van der Waals surface area contributed by atoms with E-state index in [2.05, 4.69) is 9.72 Å². The van der Waals surface area contributed by atoms with Crippen LogP contribution in [-0.4, -0.2) is 23.2 Å². The van der Waals surface area contributed by atoms with Gasteiger partial charge < -0.3 is 15.6 Å². The van der Waals surface area contributed by atoms with Gasteiger partial charge in [0.25, 0.3) is 0 Å². The Morgan fingerprint density at radius 3 is 3.00 bits per heavy atom. The standard InChI is InChI=1S/C6H8N2O3S/c1-11-5(10)4(9)3-2-8-6(7)12-3/h2,4,9H,1H3,(H2,7,8). The molecule has 66 valence electrons. The van der Waals surface area contributed by atoms with E-state index in [1.807, 2.05) is 0 Å². The molecule has 0 aliphatic rings. The first-order valence-electron chi connectivity index (χ1n) is 3.12. The van der Waals surface area contributed by atoms with Crippen LogP contribution in [0.15, 0.2) is 6.20 Å². The molecule has 1 rings (SSSR count). The van der Waals surface area contributed by atoms with Gasteiger partial charge in [0.05, 0.1) is 12.0 Å². The number of carbonyl (C=O) groups is 1. The fraction of sp³-hybridized carbons (Fsp3) is 0.333. The molecule has 1 unspecified atom stereocenters. The molecule has 0 spiro atoms. The molecule has 0 aromatic carbocycles. The molecule has 0 radical (unpaired) electrons. The van der Waals surface area contributed by atoms with Crippen molar-refractivity contribution in [1.29, 1.82) is 0 Å². The number of aliphatic hydroxyl groups is 1. The van der Waals surface area contributed by atoms with Gasteiger partial charge in [-0.1, -0.05) is 11.3 Å². The molecular formula is C6H8N2O3S. The topological polar surface area (TPSA) is 85.4 Å². The lowest BCUT2D eigenvalue weighted by molar-refractivity contribution is -0.150. The van der Waals surface area contributed by atoms with Crippen LogP contribution >= 0.6 is 11.3 Å². The molecule has 1 heterocycles. The molecule has 5 nitrogen and oxygen atoms in total. The number of anilines is 1. The largest absolute Gasteiger partial charge is 0.467 e. The Labute approximate surface area is 72.8 Å². The predicted molar refractivity (Wildman–Crippen MR) is 43.5 cm³/mol. The normalized spacial score (nSPS) is 12.5. The van der Waals surface area contributed by atoms with Crippen LogP contribution in [0.25, 0.3) is 0 Å². The molecule has 0 fully saturated rings. The molecule has 0 saturated heterocycles. The molecule has 0 amide bonds. The second-order valence-electron chi connectivity index (χ2n) is 2.03. The van der Waals surface area contributed by atoms with Crippen molar-refractivity contribution in [2.45, 2.75) is 6.10 Å². The smallest absolute Gasteiger partial charge is 0.340 e. The van der Waals surface area contributed by atoms with Crippen molar-refractivity contribution in [3.63, 3.8) is 0 Å². The zero-order chi connectivity index (χ0) is 9.14. The van der Waals surface area contributed by atoms with Crippen LogP contribution in [0.3, 0.4) is 0 Å². The highest BCUT2D eigenvalue weighted by atomic mass is 32.1. The first-order valence-corrected chi connectivity index (χ1v) is 3.94. The monoisotopic (exact) mass is 188 g/mol. The van der Waals surface area contributed by atoms with Crippen LogP contribution in [0.5, 0.6) is 0 Å². The number of rotatable bonds is 2. The summed E-state index contributed by atoms with van der Waals surface area (Å²) < 4.78 is 4.32. The molecule has 6 heteroatoms. The summed E-state index contributed by atoms with van der Waals surface area (Å²) in [5.41, 5.74) is 5.30. The number of aliphatic hydroxyl groups excluding tert-OH is 1. The number of hydrogen-bond donors (Lipinski definition) is 2. The summed E-state index contributed by atoms with van der Waals surface area (Å²) in [6.07, 6.45) is 0.0755. The van der Waals surface area contributed by atoms with Gasteiger partial charge in [-0.05, 0) is 0 Å². The highest BCUT2D eigenvalue weighted by Gasteiger charge is 2.19. The van der Waals surface area contributed by atoms with Gasteiger partial charge in [0.15, 0.2) is 11.2 Å². The Morgan fingerprint density at radius 1 is 1.92 bits per heavy atom. The number of aromatic nitrogens is 1. The van der Waals surface area contributed by atoms with Crippen molar-refractivity contribution < 1.29 is 14.6 Å². The number of nitrogens with two attached hydrogens (primary N) is 1. The average Bonchev–Trinajstić information content (AvgIpc) is 2.49. The van der Waals surface area contributed by atoms with Gasteiger partial charge in [0.1, 0.15) is 0 Å². The summed E-state index contributed by atoms with van der Waals surface area (Å²) in [5.74, 6) is -0.710. The minimum atomic E-state index is -1.27. The molecule has 12 heavy (non-hydrogen) atoms. The third-order valence-electron chi connectivity index (χ3n) is 1.24. The third kappa shape index (κ3) is 1.72. The maximum atomic E-state index is 10.8. The Bertz CT molecular complexity index is 286. The molecule has 3 N–H and O–H groups in total. The summed E-state index contributed by atoms with van der Waals surface area (Å²) in [6.45, 7) is 0. The molecule has 1 atom stereocenters. The van der Waals surface area contributed by atoms with Gasteiger partial charge in [-0.2, -0.15) is 0 Å². The Hall–Kier alpha value is -1.14. The number of hydrogen-bond acceptors (Lipinski definition) is 6. The van der Waals surface area contributed by atoms with Crippen molar-refractivity contribution in [3.05, 3.63) is 11.1 Å². The van der Waals surface area contributed by atoms with Gasteiger partial charge >= 0.3 is 5.97 Å². The van der Waals surface area contributed by atoms with Crippen molar-refractivity contribution >= 4 is 22.4 Å². The van der Waals surface area contributed by atoms with E-state index in [9.17, 15) is 9.90 Å². The quantitative estimate of drug-likeness (QED) is 0.634. The average molecular weight is 188 g/mol. The zero-order valence-corrected chi connectivity index (χ0v) is 7.17. The zero-order valence-electron chi connectivity index (χ0n) is 6.35. The SMILES string of the molecule is COC(=O)C(O)c1cnc(N)s1. The van der Waals surface area contributed by atoms with Crippen molar-refractivity contribution in [3.8, 4) is 0 Å². The fourth-order valence-corrected chi connectivity index (χ4v) is 1.32. The first kappa shape index (κ1) is 8.95. The van der Waals surface area contributed by atoms with Crippen molar-refractivity contribution in [1.82, 2.24) is 4.98 Å². The number of nitrogens with zero attached hydrogens (tertiary/aromatic N) is 1. The van der Waals surface area contributed by atoms with Gasteiger partial charge in [-0.15, -0.1) is 0 Å². The summed E-state index contributed by atoms with van der Waals surface area (Å²) in [5, 5.41) is 9.56. The van der Waals surface area contributed by atoms with E-state index in [0.717, 1.165) is 11.3 Å². The van der Waals surface area contributed by atoms with Crippen LogP contribution in [-0.2, 0) is 9.53 Å².